The van der Waals surface area contributed by atoms with Crippen molar-refractivity contribution in [1.82, 2.24) is 0 Å². The third-order valence-electron chi connectivity index (χ3n) is 5.70. The van der Waals surface area contributed by atoms with E-state index in [0.29, 0.717) is 0 Å². The third-order valence-corrected chi connectivity index (χ3v) is 10.5. The molecule has 0 bridgehead atoms. The van der Waals surface area contributed by atoms with Crippen LogP contribution in [0.1, 0.15) is 45.6 Å². The minimum absolute atomic E-state index is 1.14. The van der Waals surface area contributed by atoms with Crippen molar-refractivity contribution >= 4 is 18.4 Å². The van der Waals surface area contributed by atoms with Gasteiger partial charge in [0.1, 0.15) is 8.07 Å². The molecular weight excluding hydrogens is 316 g/mol. The fourth-order valence-corrected chi connectivity index (χ4v) is 8.39. The van der Waals surface area contributed by atoms with Gasteiger partial charge in [-0.2, -0.15) is 0 Å². The van der Waals surface area contributed by atoms with E-state index in [4.69, 9.17) is 0 Å². The van der Waals surface area contributed by atoms with E-state index >= 15 is 0 Å². The molecule has 2 aromatic rings. The summed E-state index contributed by atoms with van der Waals surface area (Å²) in [6.45, 7) is 9.37. The summed E-state index contributed by atoms with van der Waals surface area (Å²) in [4.78, 5) is 0. The zero-order chi connectivity index (χ0) is 17.9. The first-order chi connectivity index (χ1) is 12.1. The summed E-state index contributed by atoms with van der Waals surface area (Å²) in [5, 5.41) is 4.74. The van der Waals surface area contributed by atoms with Crippen LogP contribution in [0.5, 0.6) is 0 Å². The van der Waals surface area contributed by atoms with Gasteiger partial charge in [-0.05, 0) is 49.0 Å². The lowest BCUT2D eigenvalue weighted by Crippen LogP contribution is -2.57. The van der Waals surface area contributed by atoms with Crippen molar-refractivity contribution < 1.29 is 0 Å². The van der Waals surface area contributed by atoms with Gasteiger partial charge < -0.3 is 0 Å². The second kappa shape index (κ2) is 7.57. The van der Waals surface area contributed by atoms with E-state index < -0.39 is 8.07 Å². The highest BCUT2D eigenvalue weighted by Crippen LogP contribution is 2.32. The quantitative estimate of drug-likeness (QED) is 0.612. The molecule has 0 radical (unpaired) electrons. The number of hydrogen-bond donors (Lipinski definition) is 0. The highest BCUT2D eigenvalue weighted by atomic mass is 28.3. The van der Waals surface area contributed by atoms with Gasteiger partial charge in [0, 0.05) is 0 Å². The normalized spacial score (nSPS) is 16.7. The zero-order valence-electron chi connectivity index (χ0n) is 16.1. The van der Waals surface area contributed by atoms with Gasteiger partial charge in [-0.3, -0.25) is 0 Å². The van der Waals surface area contributed by atoms with Crippen molar-refractivity contribution in [1.29, 1.82) is 0 Å². The lowest BCUT2D eigenvalue weighted by molar-refractivity contribution is 0.795. The topological polar surface area (TPSA) is 0 Å². The molecule has 0 nitrogen and oxygen atoms in total. The monoisotopic (exact) mass is 346 g/mol. The van der Waals surface area contributed by atoms with Gasteiger partial charge in [0.05, 0.1) is 0 Å². The minimum atomic E-state index is -1.90. The van der Waals surface area contributed by atoms with Crippen molar-refractivity contribution in [2.75, 3.05) is 0 Å². The van der Waals surface area contributed by atoms with Gasteiger partial charge in [0.2, 0.25) is 0 Å². The van der Waals surface area contributed by atoms with Crippen LogP contribution in [0, 0.1) is 0 Å². The predicted molar refractivity (Wildman–Crippen MR) is 113 cm³/mol. The Hall–Kier alpha value is -1.86. The Labute approximate surface area is 154 Å². The average molecular weight is 347 g/mol. The summed E-state index contributed by atoms with van der Waals surface area (Å²) in [7, 11) is -1.90. The SMILES string of the molecule is CCCCc1ccc([Si](C)(C2=C(C)C=C(C)C2)c2ccccc2)cc1. The van der Waals surface area contributed by atoms with Crippen molar-refractivity contribution in [3.8, 4) is 0 Å². The summed E-state index contributed by atoms with van der Waals surface area (Å²) in [5.41, 5.74) is 4.47. The van der Waals surface area contributed by atoms with E-state index in [2.05, 4.69) is 88.0 Å². The molecule has 3 rings (SSSR count). The van der Waals surface area contributed by atoms with Gasteiger partial charge in [-0.15, -0.1) is 0 Å². The van der Waals surface area contributed by atoms with Crippen LogP contribution in [0.15, 0.2) is 77.0 Å². The lowest BCUT2D eigenvalue weighted by Gasteiger charge is -2.32. The molecule has 25 heavy (non-hydrogen) atoms. The molecule has 1 aliphatic carbocycles. The lowest BCUT2D eigenvalue weighted by atomic mass is 10.1. The Kier molecular flexibility index (Phi) is 5.44. The molecule has 0 saturated heterocycles. The predicted octanol–water partition coefficient (Wildman–Crippen LogP) is 5.43. The average Bonchev–Trinajstić information content (AvgIpc) is 2.99. The Morgan fingerprint density at radius 1 is 0.880 bits per heavy atom. The van der Waals surface area contributed by atoms with E-state index in [1.807, 2.05) is 0 Å². The van der Waals surface area contributed by atoms with Crippen LogP contribution in [0.3, 0.4) is 0 Å². The van der Waals surface area contributed by atoms with E-state index in [0.717, 1.165) is 6.42 Å². The van der Waals surface area contributed by atoms with E-state index in [1.165, 1.54) is 46.3 Å². The molecule has 0 aliphatic heterocycles. The number of aryl methyl sites for hydroxylation is 1. The summed E-state index contributed by atoms with van der Waals surface area (Å²) < 4.78 is 0. The highest BCUT2D eigenvalue weighted by Gasteiger charge is 2.38. The number of rotatable bonds is 6. The van der Waals surface area contributed by atoms with Crippen LogP contribution in [-0.2, 0) is 6.42 Å². The van der Waals surface area contributed by atoms with Crippen LogP contribution in [-0.4, -0.2) is 8.07 Å². The Morgan fingerprint density at radius 3 is 2.08 bits per heavy atom. The van der Waals surface area contributed by atoms with Crippen LogP contribution in [0.4, 0.5) is 0 Å². The Balaban J connectivity index is 2.05. The van der Waals surface area contributed by atoms with Gasteiger partial charge in [0.15, 0.2) is 0 Å². The summed E-state index contributed by atoms with van der Waals surface area (Å²) >= 11 is 0. The second-order valence-corrected chi connectivity index (χ2v) is 11.6. The maximum Gasteiger partial charge on any atom is 0.141 e. The Morgan fingerprint density at radius 2 is 1.52 bits per heavy atom. The van der Waals surface area contributed by atoms with E-state index in [-0.39, 0.29) is 0 Å². The maximum absolute atomic E-state index is 2.54. The molecule has 130 valence electrons. The minimum Gasteiger partial charge on any atom is -0.0694 e. The van der Waals surface area contributed by atoms with Crippen molar-refractivity contribution in [2.45, 2.75) is 53.0 Å². The molecule has 1 unspecified atom stereocenters. The van der Waals surface area contributed by atoms with E-state index in [1.54, 1.807) is 5.20 Å². The van der Waals surface area contributed by atoms with Crippen molar-refractivity contribution in [3.05, 3.63) is 82.6 Å². The first-order valence-electron chi connectivity index (χ1n) is 9.58. The fourth-order valence-electron chi connectivity index (χ4n) is 4.17. The molecule has 1 aliphatic rings. The molecule has 0 amide bonds. The summed E-state index contributed by atoms with van der Waals surface area (Å²) in [6, 6.07) is 20.8. The maximum atomic E-state index is 2.54. The number of benzene rings is 2. The molecule has 0 spiro atoms. The molecule has 0 heterocycles. The van der Waals surface area contributed by atoms with Gasteiger partial charge in [-0.25, -0.2) is 0 Å². The summed E-state index contributed by atoms with van der Waals surface area (Å²) in [5.74, 6) is 0. The molecule has 2 aromatic carbocycles. The molecule has 0 N–H and O–H groups in total. The number of unbranched alkanes of at least 4 members (excludes halogenated alkanes) is 1. The molecule has 0 aromatic heterocycles. The smallest absolute Gasteiger partial charge is 0.0694 e. The molecule has 0 fully saturated rings. The van der Waals surface area contributed by atoms with E-state index in [9.17, 15) is 0 Å². The van der Waals surface area contributed by atoms with Gasteiger partial charge in [-0.1, -0.05) is 96.9 Å². The van der Waals surface area contributed by atoms with Gasteiger partial charge >= 0.3 is 0 Å². The largest absolute Gasteiger partial charge is 0.141 e. The zero-order valence-corrected chi connectivity index (χ0v) is 17.1. The van der Waals surface area contributed by atoms with Crippen LogP contribution in [0.2, 0.25) is 6.55 Å². The second-order valence-electron chi connectivity index (χ2n) is 7.62. The molecular formula is C24H30Si. The number of hydrogen-bond acceptors (Lipinski definition) is 0. The summed E-state index contributed by atoms with van der Waals surface area (Å²) in [6.07, 6.45) is 7.26. The first kappa shape index (κ1) is 17.9. The van der Waals surface area contributed by atoms with Crippen LogP contribution in [0.25, 0.3) is 0 Å². The first-order valence-corrected chi connectivity index (χ1v) is 12.1. The van der Waals surface area contributed by atoms with Crippen LogP contribution >= 0.6 is 0 Å². The van der Waals surface area contributed by atoms with Gasteiger partial charge in [0.25, 0.3) is 0 Å². The molecule has 1 heteroatoms. The van der Waals surface area contributed by atoms with Crippen molar-refractivity contribution in [2.24, 2.45) is 0 Å². The third kappa shape index (κ3) is 3.57. The van der Waals surface area contributed by atoms with Crippen molar-refractivity contribution in [3.63, 3.8) is 0 Å². The fraction of sp³-hybridized carbons (Fsp3) is 0.333. The molecule has 0 saturated carbocycles. The molecule has 1 atom stereocenters. The highest BCUT2D eigenvalue weighted by molar-refractivity contribution is 7.06. The number of allylic oxidation sites excluding steroid dienone is 4. The standard InChI is InChI=1S/C24H30Si/c1-5-6-10-21-13-15-23(16-14-21)25(4,22-11-8-7-9-12-22)24-18-19(2)17-20(24)3/h7-9,11-17H,5-6,10,18H2,1-4H3. The van der Waals surface area contributed by atoms with Crippen LogP contribution < -0.4 is 10.4 Å². The Bertz CT molecular complexity index is 781.